The molecule has 4 rings (SSSR count). The summed E-state index contributed by atoms with van der Waals surface area (Å²) in [5.41, 5.74) is 2.01. The first-order valence-electron chi connectivity index (χ1n) is 6.80. The van der Waals surface area contributed by atoms with Gasteiger partial charge >= 0.3 is 5.95 Å². The third-order valence-corrected chi connectivity index (χ3v) is 5.02. The maximum absolute atomic E-state index is 13.8. The topological polar surface area (TPSA) is 3.88 Å². The number of aryl methyl sites for hydroxylation is 1. The van der Waals surface area contributed by atoms with Gasteiger partial charge in [-0.1, -0.05) is 36.4 Å². The van der Waals surface area contributed by atoms with Crippen LogP contribution in [-0.4, -0.2) is 0 Å². The Bertz CT molecular complexity index is 977. The molecule has 110 valence electrons. The Balaban J connectivity index is 0.00000144. The molecule has 0 fully saturated rings. The summed E-state index contributed by atoms with van der Waals surface area (Å²) in [6.07, 6.45) is 1.76. The molecule has 0 saturated carbocycles. The minimum absolute atomic E-state index is 0. The summed E-state index contributed by atoms with van der Waals surface area (Å²) >= 11 is 1.76. The molecule has 0 amide bonds. The molecule has 0 aliphatic heterocycles. The molecule has 0 aliphatic carbocycles. The lowest BCUT2D eigenvalue weighted by Gasteiger charge is -2.02. The van der Waals surface area contributed by atoms with Crippen molar-refractivity contribution in [3.05, 3.63) is 66.7 Å². The molecule has 2 aromatic heterocycles. The Hall–Kier alpha value is -1.53. The SMILES string of the molecule is C[n+]1ccc(-c2cccc3c2sc2ccccc23)cc1F.[I-]. The Labute approximate surface area is 149 Å². The van der Waals surface area contributed by atoms with E-state index in [-0.39, 0.29) is 29.9 Å². The number of aromatic nitrogens is 1. The number of pyridine rings is 1. The van der Waals surface area contributed by atoms with E-state index in [1.54, 1.807) is 30.6 Å². The molecule has 22 heavy (non-hydrogen) atoms. The molecular weight excluding hydrogens is 408 g/mol. The molecule has 0 radical (unpaired) electrons. The molecule has 0 aliphatic rings. The van der Waals surface area contributed by atoms with E-state index in [0.717, 1.165) is 11.1 Å². The quantitative estimate of drug-likeness (QED) is 0.250. The number of nitrogens with zero attached hydrogens (tertiary/aromatic N) is 1. The average Bonchev–Trinajstić information content (AvgIpc) is 2.89. The van der Waals surface area contributed by atoms with Crippen LogP contribution in [0.3, 0.4) is 0 Å². The van der Waals surface area contributed by atoms with E-state index < -0.39 is 0 Å². The predicted molar refractivity (Wildman–Crippen MR) is 85.9 cm³/mol. The van der Waals surface area contributed by atoms with E-state index in [0.29, 0.717) is 0 Å². The maximum Gasteiger partial charge on any atom is 0.359 e. The van der Waals surface area contributed by atoms with E-state index >= 15 is 0 Å². The summed E-state index contributed by atoms with van der Waals surface area (Å²) in [6.45, 7) is 0. The van der Waals surface area contributed by atoms with Crippen molar-refractivity contribution in [2.45, 2.75) is 0 Å². The summed E-state index contributed by atoms with van der Waals surface area (Å²) in [6, 6.07) is 18.2. The van der Waals surface area contributed by atoms with Crippen LogP contribution >= 0.6 is 11.3 Å². The predicted octanol–water partition coefficient (Wildman–Crippen LogP) is 1.69. The number of benzene rings is 2. The first kappa shape index (κ1) is 15.4. The van der Waals surface area contributed by atoms with Crippen LogP contribution in [0.4, 0.5) is 4.39 Å². The molecule has 0 unspecified atom stereocenters. The molecular formula is C18H13FINS. The van der Waals surface area contributed by atoms with Gasteiger partial charge in [-0.3, -0.25) is 0 Å². The van der Waals surface area contributed by atoms with Crippen LogP contribution in [0.1, 0.15) is 0 Å². The summed E-state index contributed by atoms with van der Waals surface area (Å²) in [7, 11) is 1.71. The summed E-state index contributed by atoms with van der Waals surface area (Å²) in [5.74, 6) is -0.231. The van der Waals surface area contributed by atoms with E-state index in [9.17, 15) is 4.39 Å². The normalized spacial score (nSPS) is 10.8. The van der Waals surface area contributed by atoms with Gasteiger partial charge in [0.25, 0.3) is 0 Å². The van der Waals surface area contributed by atoms with Crippen molar-refractivity contribution in [1.29, 1.82) is 0 Å². The molecule has 0 N–H and O–H groups in total. The fourth-order valence-electron chi connectivity index (χ4n) is 2.68. The van der Waals surface area contributed by atoms with Crippen LogP contribution in [0.2, 0.25) is 0 Å². The highest BCUT2D eigenvalue weighted by molar-refractivity contribution is 7.26. The maximum atomic E-state index is 13.8. The highest BCUT2D eigenvalue weighted by Gasteiger charge is 2.13. The van der Waals surface area contributed by atoms with Gasteiger partial charge in [0, 0.05) is 31.8 Å². The van der Waals surface area contributed by atoms with Gasteiger partial charge in [0.05, 0.1) is 6.07 Å². The number of rotatable bonds is 1. The molecule has 0 bridgehead atoms. The highest BCUT2D eigenvalue weighted by Crippen LogP contribution is 2.39. The largest absolute Gasteiger partial charge is 1.00 e. The number of hydrogen-bond acceptors (Lipinski definition) is 1. The summed E-state index contributed by atoms with van der Waals surface area (Å²) < 4.78 is 17.8. The van der Waals surface area contributed by atoms with Gasteiger partial charge in [-0.15, -0.1) is 15.7 Å². The zero-order valence-electron chi connectivity index (χ0n) is 11.9. The lowest BCUT2D eigenvalue weighted by atomic mass is 10.0. The molecule has 0 saturated heterocycles. The monoisotopic (exact) mass is 421 g/mol. The van der Waals surface area contributed by atoms with Crippen molar-refractivity contribution in [2.75, 3.05) is 0 Å². The first-order valence-corrected chi connectivity index (χ1v) is 7.61. The fraction of sp³-hybridized carbons (Fsp3) is 0.0556. The molecule has 4 aromatic rings. The third kappa shape index (κ3) is 2.40. The molecule has 2 heterocycles. The number of halogens is 2. The summed E-state index contributed by atoms with van der Waals surface area (Å²) in [4.78, 5) is 0. The Morgan fingerprint density at radius 3 is 2.55 bits per heavy atom. The summed E-state index contributed by atoms with van der Waals surface area (Å²) in [5, 5.41) is 2.50. The van der Waals surface area contributed by atoms with Gasteiger partial charge in [-0.25, -0.2) is 0 Å². The second kappa shape index (κ2) is 5.93. The lowest BCUT2D eigenvalue weighted by molar-refractivity contribution is -0.700. The van der Waals surface area contributed by atoms with Crippen molar-refractivity contribution < 1.29 is 32.9 Å². The van der Waals surface area contributed by atoms with Crippen LogP contribution in [-0.2, 0) is 7.05 Å². The lowest BCUT2D eigenvalue weighted by Crippen LogP contribution is -3.00. The van der Waals surface area contributed by atoms with Gasteiger partial charge in [-0.05, 0) is 11.6 Å². The van der Waals surface area contributed by atoms with Crippen LogP contribution in [0.15, 0.2) is 60.8 Å². The van der Waals surface area contributed by atoms with E-state index in [4.69, 9.17) is 0 Å². The highest BCUT2D eigenvalue weighted by atomic mass is 127. The second-order valence-electron chi connectivity index (χ2n) is 5.13. The van der Waals surface area contributed by atoms with Crippen molar-refractivity contribution in [1.82, 2.24) is 0 Å². The Morgan fingerprint density at radius 1 is 0.955 bits per heavy atom. The minimum atomic E-state index is -0.231. The van der Waals surface area contributed by atoms with Crippen LogP contribution in [0.25, 0.3) is 31.3 Å². The third-order valence-electron chi connectivity index (χ3n) is 3.80. The van der Waals surface area contributed by atoms with E-state index in [1.165, 1.54) is 24.7 Å². The van der Waals surface area contributed by atoms with Crippen molar-refractivity contribution in [2.24, 2.45) is 7.05 Å². The number of hydrogen-bond donors (Lipinski definition) is 0. The van der Waals surface area contributed by atoms with Gasteiger partial charge in [0.2, 0.25) is 0 Å². The number of thiophene rings is 1. The minimum Gasteiger partial charge on any atom is -1.00 e. The molecule has 0 atom stereocenters. The van der Waals surface area contributed by atoms with E-state index in [2.05, 4.69) is 36.4 Å². The fourth-order valence-corrected chi connectivity index (χ4v) is 3.92. The Kier molecular flexibility index (Phi) is 4.14. The van der Waals surface area contributed by atoms with Crippen LogP contribution in [0.5, 0.6) is 0 Å². The van der Waals surface area contributed by atoms with Crippen molar-refractivity contribution in [3.63, 3.8) is 0 Å². The second-order valence-corrected chi connectivity index (χ2v) is 6.18. The van der Waals surface area contributed by atoms with Gasteiger partial charge in [-0.2, -0.15) is 4.57 Å². The average molecular weight is 421 g/mol. The van der Waals surface area contributed by atoms with E-state index in [1.807, 2.05) is 12.1 Å². The smallest absolute Gasteiger partial charge is 0.359 e. The zero-order chi connectivity index (χ0) is 14.4. The number of fused-ring (bicyclic) bond motifs is 3. The van der Waals surface area contributed by atoms with Crippen LogP contribution < -0.4 is 28.5 Å². The van der Waals surface area contributed by atoms with Crippen molar-refractivity contribution in [3.8, 4) is 11.1 Å². The molecule has 1 nitrogen and oxygen atoms in total. The van der Waals surface area contributed by atoms with Crippen LogP contribution in [0, 0.1) is 5.95 Å². The standard InChI is InChI=1S/C18H13FNS.HI/c1-20-10-9-12(11-17(20)19)13-6-4-7-15-14-5-2-3-8-16(14)21-18(13)15;/h2-11H,1H3;1H/q+1;/p-1. The zero-order valence-corrected chi connectivity index (χ0v) is 14.9. The Morgan fingerprint density at radius 2 is 1.73 bits per heavy atom. The first-order chi connectivity index (χ1) is 10.2. The van der Waals surface area contributed by atoms with Gasteiger partial charge < -0.3 is 24.0 Å². The van der Waals surface area contributed by atoms with Gasteiger partial charge in [0.15, 0.2) is 6.20 Å². The van der Waals surface area contributed by atoms with Gasteiger partial charge in [0.1, 0.15) is 7.05 Å². The molecule has 4 heteroatoms. The van der Waals surface area contributed by atoms with Crippen molar-refractivity contribution >= 4 is 31.5 Å². The molecule has 0 spiro atoms. The molecule has 2 aromatic carbocycles.